The van der Waals surface area contributed by atoms with E-state index in [1.165, 1.54) is 30.5 Å². The van der Waals surface area contributed by atoms with Crippen molar-refractivity contribution in [3.63, 3.8) is 0 Å². The first-order valence-corrected chi connectivity index (χ1v) is 6.65. The maximum absolute atomic E-state index is 13.4. The van der Waals surface area contributed by atoms with Crippen LogP contribution in [0.5, 0.6) is 11.5 Å². The van der Waals surface area contributed by atoms with Crippen LogP contribution in [0.3, 0.4) is 0 Å². The van der Waals surface area contributed by atoms with Gasteiger partial charge in [0.2, 0.25) is 0 Å². The van der Waals surface area contributed by atoms with Gasteiger partial charge in [0, 0.05) is 0 Å². The molecule has 0 atom stereocenters. The summed E-state index contributed by atoms with van der Waals surface area (Å²) < 4.78 is 18.7. The number of phenolic OH excluding ortho intramolecular Hbond substituents is 1. The van der Waals surface area contributed by atoms with Gasteiger partial charge in [-0.2, -0.15) is 5.10 Å². The predicted molar refractivity (Wildman–Crippen MR) is 80.7 cm³/mol. The molecular formula is C16H15FN2O3. The predicted octanol–water partition coefficient (Wildman–Crippen LogP) is 2.69. The summed E-state index contributed by atoms with van der Waals surface area (Å²) in [6.45, 7) is 2.22. The first kappa shape index (κ1) is 15.5. The Kier molecular flexibility index (Phi) is 5.08. The Morgan fingerprint density at radius 3 is 2.86 bits per heavy atom. The molecule has 0 aliphatic carbocycles. The van der Waals surface area contributed by atoms with Gasteiger partial charge in [0.1, 0.15) is 5.82 Å². The molecule has 2 aromatic rings. The second-order valence-electron chi connectivity index (χ2n) is 4.34. The first-order valence-electron chi connectivity index (χ1n) is 6.65. The van der Waals surface area contributed by atoms with Crippen LogP contribution in [0.15, 0.2) is 47.6 Å². The molecule has 0 aliphatic heterocycles. The monoisotopic (exact) mass is 302 g/mol. The molecule has 0 saturated heterocycles. The number of ether oxygens (including phenoxy) is 1. The van der Waals surface area contributed by atoms with Gasteiger partial charge in [-0.15, -0.1) is 0 Å². The van der Waals surface area contributed by atoms with E-state index >= 15 is 0 Å². The molecule has 0 spiro atoms. The van der Waals surface area contributed by atoms with Gasteiger partial charge >= 0.3 is 0 Å². The van der Waals surface area contributed by atoms with Gasteiger partial charge in [-0.3, -0.25) is 4.79 Å². The van der Waals surface area contributed by atoms with E-state index in [4.69, 9.17) is 4.74 Å². The van der Waals surface area contributed by atoms with Gasteiger partial charge in [0.15, 0.2) is 11.5 Å². The second-order valence-corrected chi connectivity index (χ2v) is 4.34. The van der Waals surface area contributed by atoms with Crippen LogP contribution < -0.4 is 10.2 Å². The highest BCUT2D eigenvalue weighted by molar-refractivity contribution is 5.95. The summed E-state index contributed by atoms with van der Waals surface area (Å²) in [5, 5.41) is 13.3. The number of carbonyl (C=O) groups is 1. The summed E-state index contributed by atoms with van der Waals surface area (Å²) in [6, 6.07) is 10.3. The number of hydrogen-bond donors (Lipinski definition) is 2. The third-order valence-electron chi connectivity index (χ3n) is 2.78. The van der Waals surface area contributed by atoms with Crippen molar-refractivity contribution in [2.24, 2.45) is 5.10 Å². The van der Waals surface area contributed by atoms with Gasteiger partial charge in [-0.1, -0.05) is 12.1 Å². The highest BCUT2D eigenvalue weighted by atomic mass is 19.1. The van der Waals surface area contributed by atoms with Gasteiger partial charge in [-0.05, 0) is 42.8 Å². The SMILES string of the molecule is CCOc1cc(/C=N\NC(=O)c2ccccc2F)ccc1O. The Labute approximate surface area is 127 Å². The molecule has 0 fully saturated rings. The van der Waals surface area contributed by atoms with Crippen molar-refractivity contribution < 1.29 is 19.0 Å². The molecule has 0 heterocycles. The summed E-state index contributed by atoms with van der Waals surface area (Å²) in [5.74, 6) is -0.905. The number of benzene rings is 2. The van der Waals surface area contributed by atoms with E-state index in [-0.39, 0.29) is 11.3 Å². The number of halogens is 1. The standard InChI is InChI=1S/C16H15FN2O3/c1-2-22-15-9-11(7-8-14(15)20)10-18-19-16(21)12-5-3-4-6-13(12)17/h3-10,20H,2H2,1H3,(H,19,21)/b18-10-. The third-order valence-corrected chi connectivity index (χ3v) is 2.78. The van der Waals surface area contributed by atoms with E-state index < -0.39 is 11.7 Å². The molecule has 0 unspecified atom stereocenters. The van der Waals surface area contributed by atoms with Crippen molar-refractivity contribution in [1.82, 2.24) is 5.43 Å². The summed E-state index contributed by atoms with van der Waals surface area (Å²) >= 11 is 0. The first-order chi connectivity index (χ1) is 10.6. The zero-order valence-corrected chi connectivity index (χ0v) is 11.9. The molecule has 0 aromatic heterocycles. The zero-order chi connectivity index (χ0) is 15.9. The molecule has 114 valence electrons. The lowest BCUT2D eigenvalue weighted by Crippen LogP contribution is -2.18. The van der Waals surface area contributed by atoms with Crippen LogP contribution in [-0.4, -0.2) is 23.8 Å². The van der Waals surface area contributed by atoms with E-state index in [1.807, 2.05) is 0 Å². The summed E-state index contributed by atoms with van der Waals surface area (Å²) in [6.07, 6.45) is 1.38. The Morgan fingerprint density at radius 2 is 2.14 bits per heavy atom. The van der Waals surface area contributed by atoms with E-state index in [1.54, 1.807) is 25.1 Å². The number of aromatic hydroxyl groups is 1. The molecule has 0 aliphatic rings. The molecule has 0 bridgehead atoms. The fourth-order valence-corrected chi connectivity index (χ4v) is 1.75. The Morgan fingerprint density at radius 1 is 1.36 bits per heavy atom. The van der Waals surface area contributed by atoms with E-state index in [9.17, 15) is 14.3 Å². The minimum absolute atomic E-state index is 0.0226. The molecule has 2 rings (SSSR count). The average Bonchev–Trinajstić information content (AvgIpc) is 2.51. The van der Waals surface area contributed by atoms with Crippen LogP contribution in [0.25, 0.3) is 0 Å². The minimum atomic E-state index is -0.641. The smallest absolute Gasteiger partial charge is 0.274 e. The fraction of sp³-hybridized carbons (Fsp3) is 0.125. The van der Waals surface area contributed by atoms with Crippen LogP contribution in [0.2, 0.25) is 0 Å². The normalized spacial score (nSPS) is 10.6. The lowest BCUT2D eigenvalue weighted by molar-refractivity contribution is 0.0951. The summed E-state index contributed by atoms with van der Waals surface area (Å²) in [5.41, 5.74) is 2.78. The fourth-order valence-electron chi connectivity index (χ4n) is 1.75. The van der Waals surface area contributed by atoms with E-state index in [0.29, 0.717) is 17.9 Å². The molecule has 0 radical (unpaired) electrons. The van der Waals surface area contributed by atoms with Gasteiger partial charge in [0.05, 0.1) is 18.4 Å². The Balaban J connectivity index is 2.05. The van der Waals surface area contributed by atoms with Crippen molar-refractivity contribution in [1.29, 1.82) is 0 Å². The lowest BCUT2D eigenvalue weighted by atomic mass is 10.2. The van der Waals surface area contributed by atoms with Gasteiger partial charge in [0.25, 0.3) is 5.91 Å². The van der Waals surface area contributed by atoms with Crippen LogP contribution in [0.4, 0.5) is 4.39 Å². The van der Waals surface area contributed by atoms with Crippen molar-refractivity contribution in [2.45, 2.75) is 6.92 Å². The number of carbonyl (C=O) groups excluding carboxylic acids is 1. The van der Waals surface area contributed by atoms with Gasteiger partial charge in [-0.25, -0.2) is 9.82 Å². The highest BCUT2D eigenvalue weighted by Crippen LogP contribution is 2.26. The number of nitrogens with one attached hydrogen (secondary N) is 1. The Hall–Kier alpha value is -2.89. The van der Waals surface area contributed by atoms with Crippen LogP contribution in [-0.2, 0) is 0 Å². The number of hydrogen-bond acceptors (Lipinski definition) is 4. The van der Waals surface area contributed by atoms with E-state index in [2.05, 4.69) is 10.5 Å². The largest absolute Gasteiger partial charge is 0.504 e. The summed E-state index contributed by atoms with van der Waals surface area (Å²) in [4.78, 5) is 11.7. The molecule has 5 nitrogen and oxygen atoms in total. The second kappa shape index (κ2) is 7.21. The molecule has 22 heavy (non-hydrogen) atoms. The third kappa shape index (κ3) is 3.82. The number of nitrogens with zero attached hydrogens (tertiary/aromatic N) is 1. The summed E-state index contributed by atoms with van der Waals surface area (Å²) in [7, 11) is 0. The highest BCUT2D eigenvalue weighted by Gasteiger charge is 2.09. The average molecular weight is 302 g/mol. The van der Waals surface area contributed by atoms with Crippen molar-refractivity contribution in [3.05, 3.63) is 59.4 Å². The lowest BCUT2D eigenvalue weighted by Gasteiger charge is -2.06. The molecular weight excluding hydrogens is 287 g/mol. The maximum Gasteiger partial charge on any atom is 0.274 e. The minimum Gasteiger partial charge on any atom is -0.504 e. The number of rotatable bonds is 5. The molecule has 6 heteroatoms. The zero-order valence-electron chi connectivity index (χ0n) is 11.9. The number of hydrazone groups is 1. The molecule has 2 aromatic carbocycles. The molecule has 0 saturated carbocycles. The van der Waals surface area contributed by atoms with Crippen LogP contribution in [0, 0.1) is 5.82 Å². The van der Waals surface area contributed by atoms with E-state index in [0.717, 1.165) is 0 Å². The molecule has 1 amide bonds. The van der Waals surface area contributed by atoms with Gasteiger partial charge < -0.3 is 9.84 Å². The van der Waals surface area contributed by atoms with Crippen molar-refractivity contribution >= 4 is 12.1 Å². The maximum atomic E-state index is 13.4. The number of amides is 1. The van der Waals surface area contributed by atoms with Crippen LogP contribution in [0.1, 0.15) is 22.8 Å². The van der Waals surface area contributed by atoms with Crippen molar-refractivity contribution in [2.75, 3.05) is 6.61 Å². The van der Waals surface area contributed by atoms with Crippen LogP contribution >= 0.6 is 0 Å². The van der Waals surface area contributed by atoms with Crippen molar-refractivity contribution in [3.8, 4) is 11.5 Å². The quantitative estimate of drug-likeness (QED) is 0.659. The Bertz CT molecular complexity index is 702. The topological polar surface area (TPSA) is 70.9 Å². The molecule has 2 N–H and O–H groups in total. The number of phenols is 1.